The second-order valence-electron chi connectivity index (χ2n) is 14.5. The van der Waals surface area contributed by atoms with E-state index in [0.717, 1.165) is 57.7 Å². The zero-order valence-electron chi connectivity index (χ0n) is 33.0. The van der Waals surface area contributed by atoms with Crippen LogP contribution >= 0.6 is 22.9 Å². The Morgan fingerprint density at radius 1 is 0.983 bits per heavy atom. The molecule has 0 bridgehead atoms. The molecule has 59 heavy (non-hydrogen) atoms. The molecule has 2 heterocycles. The van der Waals surface area contributed by atoms with Crippen molar-refractivity contribution in [3.63, 3.8) is 0 Å². The zero-order chi connectivity index (χ0) is 41.8. The van der Waals surface area contributed by atoms with Gasteiger partial charge in [-0.1, -0.05) is 54.9 Å². The number of hydrogen-bond acceptors (Lipinski definition) is 12. The number of aryl methyl sites for hydroxylation is 1. The molecule has 6 aromatic rings. The summed E-state index contributed by atoms with van der Waals surface area (Å²) in [5, 5.41) is 16.7. The number of amides is 1. The maximum atomic E-state index is 13.9. The Kier molecular flexibility index (Phi) is 12.5. The fourth-order valence-electron chi connectivity index (χ4n) is 7.13. The average molecular weight is 854 g/mol. The maximum absolute atomic E-state index is 13.9. The Hall–Kier alpha value is -5.58. The lowest BCUT2D eigenvalue weighted by atomic mass is 9.99. The van der Waals surface area contributed by atoms with Gasteiger partial charge < -0.3 is 15.0 Å². The number of halogens is 1. The summed E-state index contributed by atoms with van der Waals surface area (Å²) < 4.78 is 36.7. The van der Waals surface area contributed by atoms with E-state index in [2.05, 4.69) is 43.0 Å². The van der Waals surface area contributed by atoms with Gasteiger partial charge in [-0.15, -0.1) is 11.3 Å². The van der Waals surface area contributed by atoms with Crippen LogP contribution in [0.1, 0.15) is 34.3 Å². The van der Waals surface area contributed by atoms with Gasteiger partial charge in [0, 0.05) is 61.6 Å². The fourth-order valence-corrected chi connectivity index (χ4v) is 9.05. The summed E-state index contributed by atoms with van der Waals surface area (Å²) in [7, 11) is -0.901. The molecule has 1 aliphatic rings. The molecule has 7 rings (SSSR count). The number of nitro groups is 1. The first-order chi connectivity index (χ1) is 28.3. The van der Waals surface area contributed by atoms with E-state index in [4.69, 9.17) is 16.3 Å². The number of aromatic nitrogens is 1. The van der Waals surface area contributed by atoms with E-state index in [1.165, 1.54) is 23.8 Å². The summed E-state index contributed by atoms with van der Waals surface area (Å²) in [6.45, 7) is 7.56. The maximum Gasteiger partial charge on any atom is 0.293 e. The third kappa shape index (κ3) is 9.67. The average Bonchev–Trinajstić information content (AvgIpc) is 3.59. The number of hydrogen-bond donors (Lipinski definition) is 2. The quantitative estimate of drug-likeness (QED) is 0.0615. The molecule has 0 aliphatic carbocycles. The van der Waals surface area contributed by atoms with Crippen molar-refractivity contribution >= 4 is 66.1 Å². The van der Waals surface area contributed by atoms with E-state index in [1.54, 1.807) is 35.6 Å². The van der Waals surface area contributed by atoms with E-state index in [0.29, 0.717) is 30.3 Å². The highest BCUT2D eigenvalue weighted by atomic mass is 35.5. The molecule has 1 unspecified atom stereocenters. The Morgan fingerprint density at radius 3 is 2.44 bits per heavy atom. The third-order valence-electron chi connectivity index (χ3n) is 10.2. The molecule has 1 aliphatic heterocycles. The van der Waals surface area contributed by atoms with Gasteiger partial charge in [0.05, 0.1) is 36.8 Å². The monoisotopic (exact) mass is 853 g/mol. The van der Waals surface area contributed by atoms with Crippen molar-refractivity contribution < 1.29 is 22.9 Å². The minimum Gasteiger partial charge on any atom is -0.456 e. The van der Waals surface area contributed by atoms with E-state index < -0.39 is 31.4 Å². The molecule has 0 spiro atoms. The number of fused-ring (bicyclic) bond motifs is 1. The smallest absolute Gasteiger partial charge is 0.293 e. The van der Waals surface area contributed by atoms with Crippen LogP contribution in [0.25, 0.3) is 21.3 Å². The number of thiazole rings is 1. The van der Waals surface area contributed by atoms with Gasteiger partial charge in [-0.25, -0.2) is 18.1 Å². The van der Waals surface area contributed by atoms with Crippen LogP contribution < -0.4 is 19.7 Å². The fraction of sp³-hybridized carbons (Fsp3) is 0.256. The van der Waals surface area contributed by atoms with E-state index >= 15 is 0 Å². The molecule has 1 fully saturated rings. The van der Waals surface area contributed by atoms with Crippen LogP contribution in [-0.2, 0) is 16.6 Å². The summed E-state index contributed by atoms with van der Waals surface area (Å²) in [4.78, 5) is 35.9. The number of anilines is 2. The normalized spacial score (nSPS) is 14.0. The Balaban J connectivity index is 1.12. The number of nitro benzene ring substituents is 1. The number of carbonyl (C=O) groups excluding carboxylic acids is 1. The number of rotatable bonds is 14. The second kappa shape index (κ2) is 17.7. The molecule has 2 N–H and O–H groups in total. The van der Waals surface area contributed by atoms with Crippen LogP contribution in [0, 0.1) is 17.0 Å². The molecule has 13 nitrogen and oxygen atoms in total. The molecule has 306 valence electrons. The van der Waals surface area contributed by atoms with Gasteiger partial charge in [-0.3, -0.25) is 24.7 Å². The first kappa shape index (κ1) is 41.6. The first-order valence-corrected chi connectivity index (χ1v) is 21.7. The number of ether oxygens (including phenoxy) is 1. The van der Waals surface area contributed by atoms with E-state index in [-0.39, 0.29) is 23.2 Å². The lowest BCUT2D eigenvalue weighted by molar-refractivity contribution is -0.384. The standard InChI is InChI=1S/C43H44ClN7O6S2/c1-5-42(48(3)4)46-37-18-16-34(26-39(37)51(53)54)59(55,56)47-43(52)36-17-14-32(24-40(36)57-33-15-19-41-38(25-33)45-28(2)58-41)50-22-20-49(21-23-50)27-30-8-6-7-9-35(30)29-10-12-31(44)13-11-29/h6-19,24-26,42,46H,5,20-23,27H2,1-4H3,(H,47,52). The Bertz CT molecular complexity index is 2610. The summed E-state index contributed by atoms with van der Waals surface area (Å²) in [6, 6.07) is 30.2. The SMILES string of the molecule is CCC(Nc1ccc(S(=O)(=O)NC(=O)c2ccc(N3CCN(Cc4ccccc4-c4ccc(Cl)cc4)CC3)cc2Oc2ccc3sc(C)nc3c2)cc1[N+](=O)[O-])N(C)C. The molecule has 5 aromatic carbocycles. The van der Waals surface area contributed by atoms with Crippen molar-refractivity contribution in [2.24, 2.45) is 0 Å². The molecule has 0 saturated carbocycles. The van der Waals surface area contributed by atoms with Crippen molar-refractivity contribution in [2.45, 2.75) is 37.9 Å². The van der Waals surface area contributed by atoms with Gasteiger partial charge in [0.1, 0.15) is 17.2 Å². The van der Waals surface area contributed by atoms with Gasteiger partial charge in [0.2, 0.25) is 0 Å². The highest BCUT2D eigenvalue weighted by Gasteiger charge is 2.27. The summed E-state index contributed by atoms with van der Waals surface area (Å²) in [6.07, 6.45) is 0.405. The predicted octanol–water partition coefficient (Wildman–Crippen LogP) is 8.78. The van der Waals surface area contributed by atoms with Crippen molar-refractivity contribution in [1.29, 1.82) is 0 Å². The van der Waals surface area contributed by atoms with Crippen LogP contribution in [0.15, 0.2) is 108 Å². The van der Waals surface area contributed by atoms with Crippen LogP contribution in [0.4, 0.5) is 17.1 Å². The minimum atomic E-state index is -4.56. The Morgan fingerprint density at radius 2 is 1.73 bits per heavy atom. The van der Waals surface area contributed by atoms with Crippen LogP contribution in [-0.4, -0.2) is 80.5 Å². The summed E-state index contributed by atoms with van der Waals surface area (Å²) in [5.74, 6) is -0.395. The molecule has 0 radical (unpaired) electrons. The van der Waals surface area contributed by atoms with Crippen molar-refractivity contribution in [2.75, 3.05) is 50.5 Å². The van der Waals surface area contributed by atoms with Crippen LogP contribution in [0.5, 0.6) is 11.5 Å². The lowest BCUT2D eigenvalue weighted by Gasteiger charge is -2.36. The number of benzene rings is 5. The molecular formula is C43H44ClN7O6S2. The number of carbonyl (C=O) groups is 1. The molecule has 1 atom stereocenters. The number of nitrogens with zero attached hydrogens (tertiary/aromatic N) is 5. The molecule has 1 amide bonds. The van der Waals surface area contributed by atoms with E-state index in [9.17, 15) is 23.3 Å². The van der Waals surface area contributed by atoms with Crippen molar-refractivity contribution in [1.82, 2.24) is 19.5 Å². The van der Waals surface area contributed by atoms with Gasteiger partial charge in [-0.2, -0.15) is 0 Å². The second-order valence-corrected chi connectivity index (χ2v) is 17.8. The molecule has 1 aromatic heterocycles. The van der Waals surface area contributed by atoms with Gasteiger partial charge >= 0.3 is 0 Å². The number of nitrogens with one attached hydrogen (secondary N) is 2. The minimum absolute atomic E-state index is 0.0334. The van der Waals surface area contributed by atoms with E-state index in [1.807, 2.05) is 69.2 Å². The van der Waals surface area contributed by atoms with Crippen molar-refractivity contribution in [3.05, 3.63) is 134 Å². The lowest BCUT2D eigenvalue weighted by Crippen LogP contribution is -2.46. The van der Waals surface area contributed by atoms with Crippen molar-refractivity contribution in [3.8, 4) is 22.6 Å². The van der Waals surface area contributed by atoms with Crippen LogP contribution in [0.2, 0.25) is 5.02 Å². The number of sulfonamides is 1. The largest absolute Gasteiger partial charge is 0.456 e. The predicted molar refractivity (Wildman–Crippen MR) is 234 cm³/mol. The molecule has 16 heteroatoms. The topological polar surface area (TPSA) is 150 Å². The number of piperazine rings is 1. The zero-order valence-corrected chi connectivity index (χ0v) is 35.4. The van der Waals surface area contributed by atoms with Gasteiger partial charge in [0.25, 0.3) is 21.6 Å². The van der Waals surface area contributed by atoms with Gasteiger partial charge in [0.15, 0.2) is 0 Å². The summed E-state index contributed by atoms with van der Waals surface area (Å²) >= 11 is 7.70. The third-order valence-corrected chi connectivity index (χ3v) is 12.8. The Labute approximate surface area is 352 Å². The highest BCUT2D eigenvalue weighted by molar-refractivity contribution is 7.90. The first-order valence-electron chi connectivity index (χ1n) is 19.1. The van der Waals surface area contributed by atoms with Gasteiger partial charge in [-0.05, 0) is 92.7 Å². The molecular weight excluding hydrogens is 810 g/mol. The van der Waals surface area contributed by atoms with Crippen LogP contribution in [0.3, 0.4) is 0 Å². The molecule has 1 saturated heterocycles. The summed E-state index contributed by atoms with van der Waals surface area (Å²) in [5.41, 5.74) is 4.70. The highest BCUT2D eigenvalue weighted by Crippen LogP contribution is 2.35.